The molecule has 0 N–H and O–H groups in total. The van der Waals surface area contributed by atoms with Gasteiger partial charge in [0.2, 0.25) is 0 Å². The van der Waals surface area contributed by atoms with Gasteiger partial charge in [-0.05, 0) is 0 Å². The van der Waals surface area contributed by atoms with Crippen molar-refractivity contribution in [3.05, 3.63) is 0 Å². The third-order valence-corrected chi connectivity index (χ3v) is 0. The van der Waals surface area contributed by atoms with Crippen molar-refractivity contribution in [2.45, 2.75) is 0 Å². The Morgan fingerprint density at radius 2 is 1.25 bits per heavy atom. The molecule has 0 nitrogen and oxygen atoms in total. The van der Waals surface area contributed by atoms with E-state index >= 15 is 0 Å². The molecule has 4 heteroatoms. The summed E-state index contributed by atoms with van der Waals surface area (Å²) >= 11 is 0. The molecule has 0 aliphatic rings. The first-order chi connectivity index (χ1) is 0. The minimum Gasteiger partial charge on any atom is -1.00 e. The molecule has 0 unspecified atom stereocenters. The zero-order chi connectivity index (χ0) is 0. The Hall–Kier alpha value is 2.91. The summed E-state index contributed by atoms with van der Waals surface area (Å²) < 4.78 is 0. The standard InChI is InChI=1S/Ca.Co.Fe.Zn.2H/q+2;;;;2*-1. The van der Waals surface area contributed by atoms with Crippen molar-refractivity contribution in [2.75, 3.05) is 0 Å². The van der Waals surface area contributed by atoms with E-state index in [0.717, 1.165) is 0 Å². The largest absolute Gasteiger partial charge is 2.00 e. The fourth-order valence-corrected chi connectivity index (χ4v) is 0. The van der Waals surface area contributed by atoms with E-state index in [1.165, 1.54) is 0 Å². The summed E-state index contributed by atoms with van der Waals surface area (Å²) in [7, 11) is 0. The molecule has 0 saturated heterocycles. The van der Waals surface area contributed by atoms with Crippen LogP contribution >= 0.6 is 0 Å². The van der Waals surface area contributed by atoms with Crippen LogP contribution in [0.4, 0.5) is 0 Å². The van der Waals surface area contributed by atoms with Crippen molar-refractivity contribution in [3.63, 3.8) is 0 Å². The number of hydrogen-bond acceptors (Lipinski definition) is 0. The van der Waals surface area contributed by atoms with Gasteiger partial charge in [0.1, 0.15) is 0 Å². The van der Waals surface area contributed by atoms with Crippen LogP contribution in [-0.4, -0.2) is 37.7 Å². The van der Waals surface area contributed by atoms with Crippen LogP contribution < -0.4 is 0 Å². The van der Waals surface area contributed by atoms with Crippen molar-refractivity contribution in [1.29, 1.82) is 0 Å². The normalized spacial score (nSPS) is 0. The summed E-state index contributed by atoms with van der Waals surface area (Å²) in [5, 5.41) is 0. The SMILES string of the molecule is [Ca+2].[Co].[Fe].[H-].[H-].[Zn]. The predicted octanol–water partition coefficient (Wildman–Crippen LogP) is -0.163. The Bertz CT molecular complexity index is 13.5. The van der Waals surface area contributed by atoms with Crippen LogP contribution in [0, 0.1) is 0 Å². The summed E-state index contributed by atoms with van der Waals surface area (Å²) in [6.45, 7) is 0. The van der Waals surface area contributed by atoms with E-state index in [2.05, 4.69) is 0 Å². The average Bonchev–Trinajstić information content (AvgIpc) is 0. The maximum absolute atomic E-state index is 0. The van der Waals surface area contributed by atoms with E-state index in [-0.39, 0.29) is 93.9 Å². The first kappa shape index (κ1) is 28.5. The zero-order valence-electron chi connectivity index (χ0n) is 4.10. The minimum atomic E-state index is 0. The summed E-state index contributed by atoms with van der Waals surface area (Å²) in [5.41, 5.74) is 0. The molecular weight excluding hydrogens is 220 g/mol. The molecule has 0 saturated carbocycles. The predicted molar refractivity (Wildman–Crippen MR) is 7.98 cm³/mol. The van der Waals surface area contributed by atoms with E-state index in [1.54, 1.807) is 0 Å². The van der Waals surface area contributed by atoms with Gasteiger partial charge in [0.15, 0.2) is 0 Å². The van der Waals surface area contributed by atoms with E-state index in [1.807, 2.05) is 0 Å². The maximum atomic E-state index is 0. The number of hydrogen-bond donors (Lipinski definition) is 0. The molecule has 0 heterocycles. The summed E-state index contributed by atoms with van der Waals surface area (Å²) in [6, 6.07) is 0. The minimum absolute atomic E-state index is 0. The Labute approximate surface area is 92.3 Å². The Morgan fingerprint density at radius 3 is 1.25 bits per heavy atom. The van der Waals surface area contributed by atoms with Crippen LogP contribution in [0.15, 0.2) is 0 Å². The Kier molecular flexibility index (Phi) is 120. The van der Waals surface area contributed by atoms with E-state index < -0.39 is 0 Å². The van der Waals surface area contributed by atoms with Gasteiger partial charge >= 0.3 is 37.7 Å². The summed E-state index contributed by atoms with van der Waals surface area (Å²) in [5.74, 6) is 0. The van der Waals surface area contributed by atoms with Gasteiger partial charge in [0, 0.05) is 53.3 Å². The van der Waals surface area contributed by atoms with Crippen LogP contribution in [-0.2, 0) is 53.3 Å². The van der Waals surface area contributed by atoms with Gasteiger partial charge in [-0.1, -0.05) is 0 Å². The molecule has 0 rings (SSSR count). The molecule has 0 aliphatic heterocycles. The molecule has 0 bridgehead atoms. The fourth-order valence-electron chi connectivity index (χ4n) is 0. The molecule has 0 aliphatic carbocycles. The van der Waals surface area contributed by atoms with Crippen LogP contribution in [0.3, 0.4) is 0 Å². The van der Waals surface area contributed by atoms with Gasteiger partial charge in [0.05, 0.1) is 0 Å². The fraction of sp³-hybridized carbons (Fsp3) is 0. The van der Waals surface area contributed by atoms with Crippen molar-refractivity contribution >= 4 is 37.7 Å². The molecule has 0 aromatic carbocycles. The second-order valence-electron chi connectivity index (χ2n) is 0. The van der Waals surface area contributed by atoms with Gasteiger partial charge in [-0.2, -0.15) is 0 Å². The first-order valence-corrected chi connectivity index (χ1v) is 0. The molecule has 4 heavy (non-hydrogen) atoms. The monoisotopic (exact) mass is 221 g/mol. The molecule has 0 fully saturated rings. The molecule has 0 aromatic heterocycles. The quantitative estimate of drug-likeness (QED) is 0.500. The van der Waals surface area contributed by atoms with Crippen LogP contribution in [0.5, 0.6) is 0 Å². The Morgan fingerprint density at radius 1 is 1.25 bits per heavy atom. The van der Waals surface area contributed by atoms with Gasteiger partial charge in [-0.3, -0.25) is 0 Å². The van der Waals surface area contributed by atoms with E-state index in [9.17, 15) is 0 Å². The number of rotatable bonds is 0. The van der Waals surface area contributed by atoms with Crippen LogP contribution in [0.25, 0.3) is 0 Å². The molecular formula is H2CaCoFeZn. The van der Waals surface area contributed by atoms with Crippen molar-refractivity contribution in [3.8, 4) is 0 Å². The molecule has 0 atom stereocenters. The van der Waals surface area contributed by atoms with E-state index in [4.69, 9.17) is 0 Å². The summed E-state index contributed by atoms with van der Waals surface area (Å²) in [6.07, 6.45) is 0. The third-order valence-electron chi connectivity index (χ3n) is 0. The van der Waals surface area contributed by atoms with Crippen molar-refractivity contribution < 1.29 is 56.2 Å². The van der Waals surface area contributed by atoms with Crippen LogP contribution in [0.2, 0.25) is 0 Å². The molecule has 0 spiro atoms. The second-order valence-corrected chi connectivity index (χ2v) is 0. The summed E-state index contributed by atoms with van der Waals surface area (Å²) in [4.78, 5) is 0. The zero-order valence-corrected chi connectivity index (χ0v) is 9.42. The maximum Gasteiger partial charge on any atom is 2.00 e. The van der Waals surface area contributed by atoms with Crippen LogP contribution in [0.1, 0.15) is 2.85 Å². The molecule has 0 amide bonds. The third kappa shape index (κ3) is 8.86. The molecule has 0 aromatic rings. The smallest absolute Gasteiger partial charge is 1.00 e. The van der Waals surface area contributed by atoms with E-state index in [0.29, 0.717) is 0 Å². The average molecular weight is 222 g/mol. The first-order valence-electron chi connectivity index (χ1n) is 0. The molecule has 23 valence electrons. The Balaban J connectivity index is 0. The van der Waals surface area contributed by atoms with Gasteiger partial charge in [-0.25, -0.2) is 0 Å². The van der Waals surface area contributed by atoms with Gasteiger partial charge in [0.25, 0.3) is 0 Å². The second kappa shape index (κ2) is 16.8. The van der Waals surface area contributed by atoms with Gasteiger partial charge in [-0.15, -0.1) is 0 Å². The van der Waals surface area contributed by atoms with Crippen molar-refractivity contribution in [1.82, 2.24) is 0 Å². The molecule has 1 radical (unpaired) electrons. The van der Waals surface area contributed by atoms with Crippen molar-refractivity contribution in [2.24, 2.45) is 0 Å². The topological polar surface area (TPSA) is 0 Å². The van der Waals surface area contributed by atoms with Gasteiger partial charge < -0.3 is 2.85 Å².